The van der Waals surface area contributed by atoms with E-state index in [2.05, 4.69) is 10.9 Å². The van der Waals surface area contributed by atoms with Crippen LogP contribution in [0.1, 0.15) is 23.7 Å². The quantitative estimate of drug-likeness (QED) is 0.401. The maximum Gasteiger partial charge on any atom is 0.269 e. The minimum absolute atomic E-state index is 0.109. The number of ether oxygens (including phenoxy) is 2. The Morgan fingerprint density at radius 2 is 2.08 bits per heavy atom. The van der Waals surface area contributed by atoms with Crippen LogP contribution in [0.4, 0.5) is 0 Å². The number of nitrogens with two attached hydrogens (primary N) is 1. The summed E-state index contributed by atoms with van der Waals surface area (Å²) in [5.41, 5.74) is 10.5. The molecule has 0 saturated carbocycles. The Bertz CT molecular complexity index is 598. The summed E-state index contributed by atoms with van der Waals surface area (Å²) in [6.45, 7) is 2.13. The van der Waals surface area contributed by atoms with Crippen molar-refractivity contribution in [2.75, 3.05) is 18.3 Å². The second-order valence-corrected chi connectivity index (χ2v) is 6.50. The summed E-state index contributed by atoms with van der Waals surface area (Å²) in [5.74, 6) is 1.43. The first-order valence-electron chi connectivity index (χ1n) is 7.54. The molecule has 0 fully saturated rings. The van der Waals surface area contributed by atoms with E-state index < -0.39 is 24.0 Å². The standard InChI is InChI=1S/C15H21N3O5S/c1-2-24-6-5-10(16)13(19)15(21)18-17-14(20)9-3-4-11-12(7-9)23-8-22-11/h3-4,7,10,13,19H,2,5-6,8,16H2,1H3,(H,17,20)(H,18,21)/t10-,13?/m1/s1. The van der Waals surface area contributed by atoms with Crippen molar-refractivity contribution in [3.05, 3.63) is 23.8 Å². The van der Waals surface area contributed by atoms with E-state index in [-0.39, 0.29) is 12.4 Å². The highest BCUT2D eigenvalue weighted by atomic mass is 32.2. The lowest BCUT2D eigenvalue weighted by Crippen LogP contribution is -2.52. The van der Waals surface area contributed by atoms with Gasteiger partial charge in [-0.3, -0.25) is 20.4 Å². The van der Waals surface area contributed by atoms with Gasteiger partial charge in [-0.1, -0.05) is 6.92 Å². The molecule has 2 atom stereocenters. The molecular weight excluding hydrogens is 334 g/mol. The van der Waals surface area contributed by atoms with Crippen molar-refractivity contribution in [1.82, 2.24) is 10.9 Å². The molecule has 132 valence electrons. The number of benzene rings is 1. The molecule has 2 rings (SSSR count). The molecule has 1 aromatic rings. The summed E-state index contributed by atoms with van der Waals surface area (Å²) in [4.78, 5) is 23.8. The third-order valence-corrected chi connectivity index (χ3v) is 4.34. The van der Waals surface area contributed by atoms with E-state index in [9.17, 15) is 14.7 Å². The van der Waals surface area contributed by atoms with Gasteiger partial charge in [-0.25, -0.2) is 0 Å². The van der Waals surface area contributed by atoms with Crippen LogP contribution in [0.3, 0.4) is 0 Å². The summed E-state index contributed by atoms with van der Waals surface area (Å²) < 4.78 is 10.3. The Labute approximate surface area is 144 Å². The van der Waals surface area contributed by atoms with E-state index >= 15 is 0 Å². The fourth-order valence-corrected chi connectivity index (χ4v) is 2.75. The largest absolute Gasteiger partial charge is 0.454 e. The summed E-state index contributed by atoms with van der Waals surface area (Å²) in [7, 11) is 0. The number of aliphatic hydroxyl groups is 1. The zero-order valence-electron chi connectivity index (χ0n) is 13.3. The number of rotatable bonds is 7. The Kier molecular flexibility index (Phi) is 6.71. The minimum Gasteiger partial charge on any atom is -0.454 e. The van der Waals surface area contributed by atoms with Gasteiger partial charge in [0, 0.05) is 11.6 Å². The smallest absolute Gasteiger partial charge is 0.269 e. The van der Waals surface area contributed by atoms with Crippen LogP contribution in [0.15, 0.2) is 18.2 Å². The Morgan fingerprint density at radius 3 is 2.83 bits per heavy atom. The van der Waals surface area contributed by atoms with Gasteiger partial charge in [-0.15, -0.1) is 0 Å². The fourth-order valence-electron chi connectivity index (χ4n) is 2.02. The van der Waals surface area contributed by atoms with E-state index in [1.54, 1.807) is 23.9 Å². The molecule has 1 unspecified atom stereocenters. The van der Waals surface area contributed by atoms with E-state index in [4.69, 9.17) is 15.2 Å². The third-order valence-electron chi connectivity index (χ3n) is 3.41. The first-order chi connectivity index (χ1) is 11.5. The predicted molar refractivity (Wildman–Crippen MR) is 89.8 cm³/mol. The highest BCUT2D eigenvalue weighted by Gasteiger charge is 2.23. The molecule has 0 aromatic heterocycles. The van der Waals surface area contributed by atoms with Gasteiger partial charge in [0.15, 0.2) is 11.5 Å². The number of hydrogen-bond acceptors (Lipinski definition) is 7. The minimum atomic E-state index is -1.39. The normalized spacial score (nSPS) is 14.8. The van der Waals surface area contributed by atoms with Gasteiger partial charge in [-0.2, -0.15) is 11.8 Å². The van der Waals surface area contributed by atoms with Gasteiger partial charge in [0.05, 0.1) is 0 Å². The average Bonchev–Trinajstić information content (AvgIpc) is 3.06. The molecular formula is C15H21N3O5S. The van der Waals surface area contributed by atoms with Crippen LogP contribution >= 0.6 is 11.8 Å². The van der Waals surface area contributed by atoms with Gasteiger partial charge < -0.3 is 20.3 Å². The maximum atomic E-state index is 12.0. The highest BCUT2D eigenvalue weighted by molar-refractivity contribution is 7.99. The first kappa shape index (κ1) is 18.4. The van der Waals surface area contributed by atoms with Gasteiger partial charge >= 0.3 is 0 Å². The number of aliphatic hydroxyl groups excluding tert-OH is 1. The molecule has 1 heterocycles. The van der Waals surface area contributed by atoms with Crippen LogP contribution in [0.25, 0.3) is 0 Å². The first-order valence-corrected chi connectivity index (χ1v) is 8.69. The Hall–Kier alpha value is -1.97. The van der Waals surface area contributed by atoms with Crippen molar-refractivity contribution in [3.8, 4) is 11.5 Å². The van der Waals surface area contributed by atoms with Gasteiger partial charge in [0.1, 0.15) is 6.10 Å². The number of carbonyl (C=O) groups is 2. The molecule has 2 amide bonds. The van der Waals surface area contributed by atoms with E-state index in [0.29, 0.717) is 17.9 Å². The summed E-state index contributed by atoms with van der Waals surface area (Å²) in [6, 6.07) is 3.97. The summed E-state index contributed by atoms with van der Waals surface area (Å²) >= 11 is 1.68. The Balaban J connectivity index is 1.81. The molecule has 0 saturated heterocycles. The van der Waals surface area contributed by atoms with E-state index in [0.717, 1.165) is 11.5 Å². The van der Waals surface area contributed by atoms with Gasteiger partial charge in [-0.05, 0) is 36.1 Å². The number of nitrogens with one attached hydrogen (secondary N) is 2. The molecule has 5 N–H and O–H groups in total. The van der Waals surface area contributed by atoms with Crippen molar-refractivity contribution in [1.29, 1.82) is 0 Å². The molecule has 9 heteroatoms. The molecule has 0 spiro atoms. The second-order valence-electron chi connectivity index (χ2n) is 5.11. The molecule has 0 aliphatic carbocycles. The lowest BCUT2D eigenvalue weighted by atomic mass is 10.1. The van der Waals surface area contributed by atoms with E-state index in [1.807, 2.05) is 6.92 Å². The topological polar surface area (TPSA) is 123 Å². The fraction of sp³-hybridized carbons (Fsp3) is 0.467. The number of carbonyl (C=O) groups excluding carboxylic acids is 2. The lowest BCUT2D eigenvalue weighted by molar-refractivity contribution is -0.131. The number of fused-ring (bicyclic) bond motifs is 1. The van der Waals surface area contributed by atoms with Crippen LogP contribution in [-0.2, 0) is 4.79 Å². The van der Waals surface area contributed by atoms with Crippen LogP contribution in [0.2, 0.25) is 0 Å². The van der Waals surface area contributed by atoms with Crippen molar-refractivity contribution >= 4 is 23.6 Å². The number of hydrogen-bond donors (Lipinski definition) is 4. The van der Waals surface area contributed by atoms with Crippen molar-refractivity contribution in [3.63, 3.8) is 0 Å². The van der Waals surface area contributed by atoms with Crippen molar-refractivity contribution < 1.29 is 24.2 Å². The summed E-state index contributed by atoms with van der Waals surface area (Å²) in [6.07, 6.45) is -0.886. The Morgan fingerprint density at radius 1 is 1.33 bits per heavy atom. The molecule has 1 aromatic carbocycles. The zero-order valence-corrected chi connectivity index (χ0v) is 14.1. The third kappa shape index (κ3) is 4.76. The summed E-state index contributed by atoms with van der Waals surface area (Å²) in [5, 5.41) is 9.86. The number of hydrazine groups is 1. The molecule has 0 bridgehead atoms. The van der Waals surface area contributed by atoms with Crippen molar-refractivity contribution in [2.45, 2.75) is 25.5 Å². The highest BCUT2D eigenvalue weighted by Crippen LogP contribution is 2.32. The van der Waals surface area contributed by atoms with Crippen LogP contribution in [-0.4, -0.2) is 47.4 Å². The predicted octanol–water partition coefficient (Wildman–Crippen LogP) is 0.00770. The molecule has 1 aliphatic rings. The monoisotopic (exact) mass is 355 g/mol. The number of thioether (sulfide) groups is 1. The average molecular weight is 355 g/mol. The SMILES string of the molecule is CCSCC[C@@H](N)C(O)C(=O)NNC(=O)c1ccc2c(c1)OCO2. The molecule has 8 nitrogen and oxygen atoms in total. The zero-order chi connectivity index (χ0) is 17.5. The second kappa shape index (κ2) is 8.76. The van der Waals surface area contributed by atoms with Crippen molar-refractivity contribution in [2.24, 2.45) is 5.73 Å². The maximum absolute atomic E-state index is 12.0. The van der Waals surface area contributed by atoms with E-state index in [1.165, 1.54) is 6.07 Å². The molecule has 0 radical (unpaired) electrons. The van der Waals surface area contributed by atoms with Gasteiger partial charge in [0.25, 0.3) is 11.8 Å². The lowest BCUT2D eigenvalue weighted by Gasteiger charge is -2.18. The molecule has 1 aliphatic heterocycles. The van der Waals surface area contributed by atoms with Crippen LogP contribution in [0, 0.1) is 0 Å². The van der Waals surface area contributed by atoms with Gasteiger partial charge in [0.2, 0.25) is 6.79 Å². The molecule has 24 heavy (non-hydrogen) atoms. The number of amides is 2. The van der Waals surface area contributed by atoms with Crippen LogP contribution in [0.5, 0.6) is 11.5 Å². The van der Waals surface area contributed by atoms with Crippen LogP contribution < -0.4 is 26.1 Å².